The van der Waals surface area contributed by atoms with Crippen molar-refractivity contribution in [3.05, 3.63) is 59.8 Å². The van der Waals surface area contributed by atoms with Gasteiger partial charge in [0.15, 0.2) is 0 Å². The molecule has 1 amide bonds. The van der Waals surface area contributed by atoms with Gasteiger partial charge in [-0.1, -0.05) is 44.2 Å². The van der Waals surface area contributed by atoms with Crippen LogP contribution in [-0.2, 0) is 4.79 Å². The zero-order chi connectivity index (χ0) is 19.9. The van der Waals surface area contributed by atoms with Crippen molar-refractivity contribution in [2.45, 2.75) is 19.9 Å². The Morgan fingerprint density at radius 1 is 1.14 bits per heavy atom. The molecule has 1 atom stereocenters. The quantitative estimate of drug-likeness (QED) is 0.838. The Bertz CT molecular complexity index is 822. The van der Waals surface area contributed by atoms with Crippen molar-refractivity contribution in [1.29, 1.82) is 5.26 Å². The number of rotatable bonds is 6. The number of nitriles is 1. The van der Waals surface area contributed by atoms with E-state index in [4.69, 9.17) is 0 Å². The van der Waals surface area contributed by atoms with E-state index in [0.717, 1.165) is 37.6 Å². The van der Waals surface area contributed by atoms with Gasteiger partial charge in [0.1, 0.15) is 11.9 Å². The first kappa shape index (κ1) is 19.8. The first-order valence-corrected chi connectivity index (χ1v) is 9.75. The van der Waals surface area contributed by atoms with Crippen LogP contribution in [0.1, 0.15) is 31.0 Å². The normalized spacial score (nSPS) is 15.9. The number of aromatic nitrogens is 1. The first-order chi connectivity index (χ1) is 13.6. The standard InChI is InChI=1S/C22H27N5O/c1-17(2)21(18-7-4-3-5-8-18)25-20(28)16-26-11-13-27(14-12-26)22-19(15-23)9-6-10-24-22/h3-10,17,21H,11-14,16H2,1-2H3,(H,25,28). The summed E-state index contributed by atoms with van der Waals surface area (Å²) in [6.45, 7) is 7.68. The number of anilines is 1. The van der Waals surface area contributed by atoms with Gasteiger partial charge >= 0.3 is 0 Å². The van der Waals surface area contributed by atoms with Crippen LogP contribution in [0, 0.1) is 17.2 Å². The van der Waals surface area contributed by atoms with Crippen molar-refractivity contribution < 1.29 is 4.79 Å². The number of carbonyl (C=O) groups is 1. The summed E-state index contributed by atoms with van der Waals surface area (Å²) >= 11 is 0. The van der Waals surface area contributed by atoms with Crippen LogP contribution in [0.3, 0.4) is 0 Å². The summed E-state index contributed by atoms with van der Waals surface area (Å²) in [5.74, 6) is 1.10. The average molecular weight is 377 g/mol. The summed E-state index contributed by atoms with van der Waals surface area (Å²) < 4.78 is 0. The van der Waals surface area contributed by atoms with E-state index in [-0.39, 0.29) is 11.9 Å². The maximum Gasteiger partial charge on any atom is 0.234 e. The highest BCUT2D eigenvalue weighted by Crippen LogP contribution is 2.21. The molecule has 1 aromatic carbocycles. The van der Waals surface area contributed by atoms with Crippen LogP contribution >= 0.6 is 0 Å². The van der Waals surface area contributed by atoms with Crippen LogP contribution in [0.25, 0.3) is 0 Å². The van der Waals surface area contributed by atoms with Gasteiger partial charge in [0.25, 0.3) is 0 Å². The largest absolute Gasteiger partial charge is 0.353 e. The zero-order valence-electron chi connectivity index (χ0n) is 16.5. The minimum atomic E-state index is 0.0155. The number of carbonyl (C=O) groups excluding carboxylic acids is 1. The predicted molar refractivity (Wildman–Crippen MR) is 110 cm³/mol. The fourth-order valence-corrected chi connectivity index (χ4v) is 3.57. The Labute approximate surface area is 166 Å². The van der Waals surface area contributed by atoms with Crippen molar-refractivity contribution in [2.24, 2.45) is 5.92 Å². The highest BCUT2D eigenvalue weighted by molar-refractivity contribution is 5.78. The third kappa shape index (κ3) is 4.87. The van der Waals surface area contributed by atoms with Crippen LogP contribution < -0.4 is 10.2 Å². The Morgan fingerprint density at radius 3 is 2.50 bits per heavy atom. The van der Waals surface area contributed by atoms with Gasteiger partial charge in [-0.25, -0.2) is 4.98 Å². The molecule has 0 radical (unpaired) electrons. The molecule has 1 N–H and O–H groups in total. The van der Waals surface area contributed by atoms with Gasteiger partial charge in [0.2, 0.25) is 5.91 Å². The van der Waals surface area contributed by atoms with Crippen molar-refractivity contribution in [3.8, 4) is 6.07 Å². The number of nitrogens with one attached hydrogen (secondary N) is 1. The molecule has 1 saturated heterocycles. The summed E-state index contributed by atoms with van der Waals surface area (Å²) in [5.41, 5.74) is 1.73. The molecule has 6 heteroatoms. The van der Waals surface area contributed by atoms with Gasteiger partial charge in [-0.2, -0.15) is 5.26 Å². The van der Waals surface area contributed by atoms with Crippen LogP contribution in [0.15, 0.2) is 48.7 Å². The van der Waals surface area contributed by atoms with E-state index >= 15 is 0 Å². The summed E-state index contributed by atoms with van der Waals surface area (Å²) in [6, 6.07) is 15.9. The molecule has 0 bridgehead atoms. The maximum absolute atomic E-state index is 12.6. The van der Waals surface area contributed by atoms with E-state index in [1.165, 1.54) is 0 Å². The van der Waals surface area contributed by atoms with E-state index in [2.05, 4.69) is 52.2 Å². The minimum absolute atomic E-state index is 0.0155. The van der Waals surface area contributed by atoms with Gasteiger partial charge in [-0.3, -0.25) is 9.69 Å². The highest BCUT2D eigenvalue weighted by Gasteiger charge is 2.23. The lowest BCUT2D eigenvalue weighted by Crippen LogP contribution is -2.50. The zero-order valence-corrected chi connectivity index (χ0v) is 16.5. The van der Waals surface area contributed by atoms with E-state index in [1.807, 2.05) is 18.2 Å². The molecule has 2 heterocycles. The van der Waals surface area contributed by atoms with Gasteiger partial charge in [-0.05, 0) is 23.6 Å². The second-order valence-electron chi connectivity index (χ2n) is 7.45. The summed E-state index contributed by atoms with van der Waals surface area (Å²) in [4.78, 5) is 21.3. The lowest BCUT2D eigenvalue weighted by Gasteiger charge is -2.35. The number of amides is 1. The molecule has 28 heavy (non-hydrogen) atoms. The first-order valence-electron chi connectivity index (χ1n) is 9.75. The number of pyridine rings is 1. The molecule has 1 fully saturated rings. The third-order valence-corrected chi connectivity index (χ3v) is 5.09. The minimum Gasteiger partial charge on any atom is -0.353 e. The monoisotopic (exact) mass is 377 g/mol. The second-order valence-corrected chi connectivity index (χ2v) is 7.45. The molecule has 1 aromatic heterocycles. The molecule has 0 spiro atoms. The van der Waals surface area contributed by atoms with Crippen LogP contribution in [0.2, 0.25) is 0 Å². The molecule has 3 rings (SSSR count). The summed E-state index contributed by atoms with van der Waals surface area (Å²) in [6.07, 6.45) is 1.71. The summed E-state index contributed by atoms with van der Waals surface area (Å²) in [5, 5.41) is 12.5. The van der Waals surface area contributed by atoms with Crippen LogP contribution in [-0.4, -0.2) is 48.5 Å². The van der Waals surface area contributed by atoms with Gasteiger partial charge in [0.05, 0.1) is 18.2 Å². The topological polar surface area (TPSA) is 72.3 Å². The third-order valence-electron chi connectivity index (χ3n) is 5.09. The molecule has 146 valence electrons. The molecular weight excluding hydrogens is 350 g/mol. The molecular formula is C22H27N5O. The molecule has 6 nitrogen and oxygen atoms in total. The maximum atomic E-state index is 12.6. The van der Waals surface area contributed by atoms with Crippen molar-refractivity contribution in [1.82, 2.24) is 15.2 Å². The molecule has 2 aromatic rings. The summed E-state index contributed by atoms with van der Waals surface area (Å²) in [7, 11) is 0. The van der Waals surface area contributed by atoms with E-state index in [1.54, 1.807) is 18.3 Å². The van der Waals surface area contributed by atoms with Gasteiger partial charge < -0.3 is 10.2 Å². The van der Waals surface area contributed by atoms with E-state index < -0.39 is 0 Å². The number of hydrogen-bond acceptors (Lipinski definition) is 5. The van der Waals surface area contributed by atoms with E-state index in [9.17, 15) is 10.1 Å². The highest BCUT2D eigenvalue weighted by atomic mass is 16.2. The van der Waals surface area contributed by atoms with Crippen molar-refractivity contribution >= 4 is 11.7 Å². The van der Waals surface area contributed by atoms with Crippen molar-refractivity contribution in [3.63, 3.8) is 0 Å². The Balaban J connectivity index is 1.54. The molecule has 1 aliphatic rings. The molecule has 0 aliphatic carbocycles. The Hall–Kier alpha value is -2.91. The number of nitrogens with zero attached hydrogens (tertiary/aromatic N) is 4. The second kappa shape index (κ2) is 9.34. The predicted octanol–water partition coefficient (Wildman–Crippen LogP) is 2.59. The van der Waals surface area contributed by atoms with Crippen LogP contribution in [0.5, 0.6) is 0 Å². The number of hydrogen-bond donors (Lipinski definition) is 1. The number of benzene rings is 1. The smallest absolute Gasteiger partial charge is 0.234 e. The number of piperazine rings is 1. The van der Waals surface area contributed by atoms with Crippen LogP contribution in [0.4, 0.5) is 5.82 Å². The van der Waals surface area contributed by atoms with Gasteiger partial charge in [-0.15, -0.1) is 0 Å². The average Bonchev–Trinajstić information content (AvgIpc) is 2.73. The lowest BCUT2D eigenvalue weighted by molar-refractivity contribution is -0.123. The Kier molecular flexibility index (Phi) is 6.62. The Morgan fingerprint density at radius 2 is 1.86 bits per heavy atom. The van der Waals surface area contributed by atoms with E-state index in [0.29, 0.717) is 18.0 Å². The molecule has 1 unspecified atom stereocenters. The fourth-order valence-electron chi connectivity index (χ4n) is 3.57. The lowest BCUT2D eigenvalue weighted by atomic mass is 9.96. The molecule has 0 saturated carbocycles. The van der Waals surface area contributed by atoms with Crippen molar-refractivity contribution in [2.75, 3.05) is 37.6 Å². The van der Waals surface area contributed by atoms with Gasteiger partial charge in [0, 0.05) is 32.4 Å². The SMILES string of the molecule is CC(C)C(NC(=O)CN1CCN(c2ncccc2C#N)CC1)c1ccccc1. The fraction of sp³-hybridized carbons (Fsp3) is 0.409. The molecule has 1 aliphatic heterocycles.